The summed E-state index contributed by atoms with van der Waals surface area (Å²) in [7, 11) is -10.0. The molecule has 17 nitrogen and oxygen atoms in total. The first-order valence-electron chi connectivity index (χ1n) is 41.0. The molecule has 0 rings (SSSR count). The summed E-state index contributed by atoms with van der Waals surface area (Å²) in [5, 5.41) is 10.7. The zero-order chi connectivity index (χ0) is 78.9. The van der Waals surface area contributed by atoms with Crippen LogP contribution in [-0.4, -0.2) is 96.7 Å². The fourth-order valence-corrected chi connectivity index (χ4v) is 11.8. The molecule has 5 unspecified atom stereocenters. The summed E-state index contributed by atoms with van der Waals surface area (Å²) in [5.74, 6) is -2.33. The third-order valence-corrected chi connectivity index (χ3v) is 18.3. The van der Waals surface area contributed by atoms with Crippen LogP contribution in [0.3, 0.4) is 0 Å². The maximum Gasteiger partial charge on any atom is 0.472 e. The first kappa shape index (κ1) is 102. The van der Waals surface area contributed by atoms with Gasteiger partial charge in [0.25, 0.3) is 0 Å². The van der Waals surface area contributed by atoms with Gasteiger partial charge in [0, 0.05) is 25.7 Å². The molecule has 108 heavy (non-hydrogen) atoms. The molecule has 0 aromatic heterocycles. The Balaban J connectivity index is 5.50. The molecule has 0 heterocycles. The molecular formula is C89H144O17P2. The van der Waals surface area contributed by atoms with Crippen LogP contribution in [0.1, 0.15) is 297 Å². The van der Waals surface area contributed by atoms with Crippen LogP contribution < -0.4 is 0 Å². The third kappa shape index (κ3) is 78.3. The Kier molecular flexibility index (Phi) is 75.0. The number of hydrogen-bond donors (Lipinski definition) is 3. The molecule has 0 radical (unpaired) electrons. The molecule has 0 aliphatic heterocycles. The molecule has 0 bridgehead atoms. The van der Waals surface area contributed by atoms with Gasteiger partial charge in [-0.1, -0.05) is 287 Å². The van der Waals surface area contributed by atoms with Crippen molar-refractivity contribution < 1.29 is 80.2 Å². The largest absolute Gasteiger partial charge is 0.472 e. The van der Waals surface area contributed by atoms with Crippen molar-refractivity contribution in [3.63, 3.8) is 0 Å². The maximum absolute atomic E-state index is 13.1. The van der Waals surface area contributed by atoms with E-state index < -0.39 is 97.5 Å². The van der Waals surface area contributed by atoms with E-state index in [4.69, 9.17) is 37.0 Å². The van der Waals surface area contributed by atoms with Crippen LogP contribution in [-0.2, 0) is 65.4 Å². The highest BCUT2D eigenvalue weighted by atomic mass is 31.2. The molecule has 3 N–H and O–H groups in total. The number of carbonyl (C=O) groups is 4. The van der Waals surface area contributed by atoms with Crippen molar-refractivity contribution in [2.45, 2.75) is 316 Å². The van der Waals surface area contributed by atoms with Crippen molar-refractivity contribution in [2.24, 2.45) is 0 Å². The van der Waals surface area contributed by atoms with Gasteiger partial charge in [0.1, 0.15) is 19.3 Å². The number of esters is 4. The summed E-state index contributed by atoms with van der Waals surface area (Å²) in [4.78, 5) is 73.1. The van der Waals surface area contributed by atoms with Gasteiger partial charge in [-0.15, -0.1) is 0 Å². The molecule has 0 fully saturated rings. The standard InChI is InChI=1S/C89H144O17P2/c1-5-9-13-17-21-25-29-33-37-39-41-43-47-50-54-58-62-66-70-74-87(92)100-80-85(106-89(94)76-72-68-64-60-56-52-48-44-42-40-38-34-30-26-22-18-14-10-6-2)82-104-108(97,98)102-78-83(90)77-101-107(95,96)103-81-84(105-88(93)75-71-67-63-59-55-51-46-36-32-28-24-20-16-12-8-4)79-99-86(91)73-69-65-61-57-53-49-45-35-31-27-23-19-15-11-7-3/h9-11,13-15,21-28,33-38,41-46,50,54,62,66,83-85,90H,5-8,12,16-20,29-32,39-40,47-49,51-53,55-61,63-65,67-82H2,1-4H3,(H,95,96)(H,97,98)/b13-9-,14-10-,15-11-,25-21-,26-22-,27-23-,28-24-,37-33-,38-34-,43-41-,44-42-,45-35-,46-36-,54-50-,66-62-. The monoisotopic (exact) mass is 1550 g/mol. The van der Waals surface area contributed by atoms with Gasteiger partial charge in [-0.05, 0) is 167 Å². The number of phosphoric acid groups is 2. The average molecular weight is 1550 g/mol. The van der Waals surface area contributed by atoms with E-state index in [-0.39, 0.29) is 25.7 Å². The van der Waals surface area contributed by atoms with Crippen LogP contribution in [0.5, 0.6) is 0 Å². The van der Waals surface area contributed by atoms with Crippen molar-refractivity contribution in [3.8, 4) is 0 Å². The summed E-state index contributed by atoms with van der Waals surface area (Å²) in [6.45, 7) is 4.37. The van der Waals surface area contributed by atoms with E-state index >= 15 is 0 Å². The predicted octanol–water partition coefficient (Wildman–Crippen LogP) is 24.3. The zero-order valence-corrected chi connectivity index (χ0v) is 68.7. The quantitative estimate of drug-likeness (QED) is 0.0169. The number of phosphoric ester groups is 2. The van der Waals surface area contributed by atoms with E-state index in [0.29, 0.717) is 32.1 Å². The van der Waals surface area contributed by atoms with Crippen molar-refractivity contribution >= 4 is 39.5 Å². The van der Waals surface area contributed by atoms with E-state index in [1.165, 1.54) is 19.3 Å². The first-order valence-corrected chi connectivity index (χ1v) is 44.0. The van der Waals surface area contributed by atoms with Gasteiger partial charge >= 0.3 is 39.5 Å². The summed E-state index contributed by atoms with van der Waals surface area (Å²) < 4.78 is 68.6. The van der Waals surface area contributed by atoms with E-state index in [9.17, 15) is 43.2 Å². The third-order valence-electron chi connectivity index (χ3n) is 16.4. The highest BCUT2D eigenvalue weighted by Crippen LogP contribution is 2.45. The first-order chi connectivity index (χ1) is 52.7. The predicted molar refractivity (Wildman–Crippen MR) is 445 cm³/mol. The van der Waals surface area contributed by atoms with Crippen molar-refractivity contribution in [1.29, 1.82) is 0 Å². The lowest BCUT2D eigenvalue weighted by atomic mass is 10.1. The van der Waals surface area contributed by atoms with Crippen LogP contribution in [0.15, 0.2) is 182 Å². The molecule has 612 valence electrons. The second-order valence-corrected chi connectivity index (χ2v) is 29.5. The number of aliphatic hydroxyl groups excluding tert-OH is 1. The number of hydrogen-bond acceptors (Lipinski definition) is 15. The average Bonchev–Trinajstić information content (AvgIpc) is 0.896. The molecule has 0 aromatic carbocycles. The second-order valence-electron chi connectivity index (χ2n) is 26.6. The zero-order valence-electron chi connectivity index (χ0n) is 66.9. The minimum atomic E-state index is -5.01. The van der Waals surface area contributed by atoms with Gasteiger partial charge in [-0.3, -0.25) is 37.3 Å². The van der Waals surface area contributed by atoms with Crippen LogP contribution in [0.25, 0.3) is 0 Å². The molecule has 0 aliphatic carbocycles. The Bertz CT molecular complexity index is 2760. The summed E-state index contributed by atoms with van der Waals surface area (Å²) in [6.07, 6.45) is 95.9. The molecule has 0 saturated heterocycles. The molecule has 0 spiro atoms. The van der Waals surface area contributed by atoms with Gasteiger partial charge in [-0.25, -0.2) is 9.13 Å². The van der Waals surface area contributed by atoms with Gasteiger partial charge in [0.15, 0.2) is 12.2 Å². The van der Waals surface area contributed by atoms with Crippen LogP contribution in [0.2, 0.25) is 0 Å². The highest BCUT2D eigenvalue weighted by molar-refractivity contribution is 7.47. The van der Waals surface area contributed by atoms with E-state index in [0.717, 1.165) is 193 Å². The SMILES string of the molecule is CC/C=C\C/C=C\C/C=C\C/C=C\C/C=C\C/C=C\CCC(=O)OCC(COP(=O)(O)OCC(O)COP(=O)(O)OCC(COC(=O)CCCCCCC/C=C\C/C=C\C/C=C\CC)OC(=O)CCCCCCC/C=C\C/C=C\CCCCC)OC(=O)CCCCCCCC/C=C\C/C=C\C/C=C\C/C=C\CC. The molecular weight excluding hydrogens is 1400 g/mol. The van der Waals surface area contributed by atoms with Crippen LogP contribution in [0, 0.1) is 0 Å². The van der Waals surface area contributed by atoms with E-state index in [1.807, 2.05) is 18.2 Å². The van der Waals surface area contributed by atoms with E-state index in [1.54, 1.807) is 0 Å². The number of allylic oxidation sites excluding steroid dienone is 30. The van der Waals surface area contributed by atoms with Crippen molar-refractivity contribution in [3.05, 3.63) is 182 Å². The number of aliphatic hydroxyl groups is 1. The lowest BCUT2D eigenvalue weighted by molar-refractivity contribution is -0.161. The number of carbonyl (C=O) groups excluding carboxylic acids is 4. The fraction of sp³-hybridized carbons (Fsp3) is 0.618. The topological polar surface area (TPSA) is 237 Å². The van der Waals surface area contributed by atoms with Crippen LogP contribution in [0.4, 0.5) is 0 Å². The van der Waals surface area contributed by atoms with Crippen LogP contribution >= 0.6 is 15.6 Å². The number of rotatable bonds is 75. The summed E-state index contributed by atoms with van der Waals surface area (Å²) >= 11 is 0. The summed E-state index contributed by atoms with van der Waals surface area (Å²) in [6, 6.07) is 0. The minimum Gasteiger partial charge on any atom is -0.462 e. The lowest BCUT2D eigenvalue weighted by Crippen LogP contribution is -2.30. The fourth-order valence-electron chi connectivity index (χ4n) is 10.2. The van der Waals surface area contributed by atoms with E-state index in [2.05, 4.69) is 192 Å². The lowest BCUT2D eigenvalue weighted by Gasteiger charge is -2.21. The Hall–Kier alpha value is -5.84. The molecule has 0 aliphatic rings. The normalized spacial score (nSPS) is 14.8. The highest BCUT2D eigenvalue weighted by Gasteiger charge is 2.30. The molecule has 5 atom stereocenters. The Morgan fingerprint density at radius 2 is 0.500 bits per heavy atom. The second kappa shape index (κ2) is 79.3. The Morgan fingerprint density at radius 1 is 0.269 bits per heavy atom. The Morgan fingerprint density at radius 3 is 0.796 bits per heavy atom. The molecule has 0 amide bonds. The summed E-state index contributed by atoms with van der Waals surface area (Å²) in [5.41, 5.74) is 0. The van der Waals surface area contributed by atoms with Crippen molar-refractivity contribution in [1.82, 2.24) is 0 Å². The number of unbranched alkanes of at least 4 members (excludes halogenated alkanes) is 19. The Labute approximate surface area is 654 Å². The van der Waals surface area contributed by atoms with Gasteiger partial charge in [0.2, 0.25) is 0 Å². The van der Waals surface area contributed by atoms with Gasteiger partial charge in [0.05, 0.1) is 26.4 Å². The molecule has 0 aromatic rings. The minimum absolute atomic E-state index is 0.0255. The molecule has 0 saturated carbocycles. The van der Waals surface area contributed by atoms with Gasteiger partial charge in [-0.2, -0.15) is 0 Å². The van der Waals surface area contributed by atoms with Crippen molar-refractivity contribution in [2.75, 3.05) is 39.6 Å². The molecule has 19 heteroatoms. The van der Waals surface area contributed by atoms with Gasteiger partial charge < -0.3 is 33.8 Å². The maximum atomic E-state index is 13.1. The number of ether oxygens (including phenoxy) is 4. The smallest absolute Gasteiger partial charge is 0.462 e.